The van der Waals surface area contributed by atoms with Gasteiger partial charge in [-0.3, -0.25) is 15.1 Å². The van der Waals surface area contributed by atoms with Crippen molar-refractivity contribution >= 4 is 29.3 Å². The lowest BCUT2D eigenvalue weighted by Gasteiger charge is -2.44. The summed E-state index contributed by atoms with van der Waals surface area (Å²) < 4.78 is 13.5. The summed E-state index contributed by atoms with van der Waals surface area (Å²) in [5.41, 5.74) is 2.41. The van der Waals surface area contributed by atoms with E-state index >= 15 is 0 Å². The lowest BCUT2D eigenvalue weighted by molar-refractivity contribution is -0.135. The van der Waals surface area contributed by atoms with Gasteiger partial charge < -0.3 is 5.32 Å². The van der Waals surface area contributed by atoms with Gasteiger partial charge in [-0.1, -0.05) is 36.4 Å². The first-order valence-corrected chi connectivity index (χ1v) is 11.4. The summed E-state index contributed by atoms with van der Waals surface area (Å²) in [6.45, 7) is 1.94. The highest BCUT2D eigenvalue weighted by Crippen LogP contribution is 2.41. The molecular formula is C26H23FN4OS. The number of amides is 1. The zero-order chi connectivity index (χ0) is 23.6. The molecule has 4 rings (SSSR count). The van der Waals surface area contributed by atoms with Gasteiger partial charge >= 0.3 is 0 Å². The molecule has 2 heterocycles. The standard InChI is InChI=1S/C26H23FN4OS/c1-26(23-14-20(16-33-23)19-9-3-8-18(12-19)15-28)22(24(32)31(2)25(29)30-26)11-5-7-17-6-4-10-21(27)13-17/h3-10,12-14,16,22H,11H2,1-2H3,(H2,29,30)/b7-5+/t22?,26-/m0/s1. The number of nitrogens with zero attached hydrogens (tertiary/aromatic N) is 2. The van der Waals surface area contributed by atoms with Crippen molar-refractivity contribution in [3.05, 3.63) is 87.9 Å². The van der Waals surface area contributed by atoms with E-state index in [-0.39, 0.29) is 17.7 Å². The number of hydrogen-bond acceptors (Lipinski definition) is 4. The van der Waals surface area contributed by atoms with Crippen LogP contribution >= 0.6 is 11.3 Å². The van der Waals surface area contributed by atoms with Crippen molar-refractivity contribution in [3.63, 3.8) is 0 Å². The molecule has 1 amide bonds. The van der Waals surface area contributed by atoms with Gasteiger partial charge in [0.05, 0.1) is 23.1 Å². The molecule has 2 aromatic carbocycles. The molecular weight excluding hydrogens is 435 g/mol. The largest absolute Gasteiger partial charge is 0.345 e. The number of rotatable bonds is 5. The molecule has 0 spiro atoms. The summed E-state index contributed by atoms with van der Waals surface area (Å²) in [5, 5.41) is 22.7. The summed E-state index contributed by atoms with van der Waals surface area (Å²) in [6, 6.07) is 17.9. The van der Waals surface area contributed by atoms with Crippen LogP contribution in [0.15, 0.2) is 66.1 Å². The Balaban J connectivity index is 1.66. The number of thiophene rings is 1. The Kier molecular flexibility index (Phi) is 6.12. The minimum Gasteiger partial charge on any atom is -0.345 e. The van der Waals surface area contributed by atoms with Gasteiger partial charge in [-0.15, -0.1) is 11.3 Å². The Morgan fingerprint density at radius 2 is 2.03 bits per heavy atom. The van der Waals surface area contributed by atoms with Gasteiger partial charge in [-0.25, -0.2) is 4.39 Å². The number of halogens is 1. The highest BCUT2D eigenvalue weighted by atomic mass is 32.1. The third-order valence-electron chi connectivity index (χ3n) is 6.01. The van der Waals surface area contributed by atoms with Crippen molar-refractivity contribution in [2.45, 2.75) is 18.9 Å². The third-order valence-corrected chi connectivity index (χ3v) is 7.17. The number of carbonyl (C=O) groups is 1. The van der Waals surface area contributed by atoms with Crippen molar-refractivity contribution in [1.29, 1.82) is 10.7 Å². The molecule has 0 radical (unpaired) electrons. The molecule has 33 heavy (non-hydrogen) atoms. The number of guanidine groups is 1. The SMILES string of the molecule is CN1C(=N)N[C@](C)(c2cc(-c3cccc(C#N)c3)cs2)C(C/C=C/c2cccc(F)c2)C1=O. The number of nitrogens with one attached hydrogen (secondary N) is 2. The number of carbonyl (C=O) groups excluding carboxylic acids is 1. The van der Waals surface area contributed by atoms with Crippen molar-refractivity contribution in [2.75, 3.05) is 7.05 Å². The molecule has 1 aliphatic heterocycles. The smallest absolute Gasteiger partial charge is 0.235 e. The second-order valence-corrected chi connectivity index (χ2v) is 9.12. The van der Waals surface area contributed by atoms with E-state index in [2.05, 4.69) is 11.4 Å². The van der Waals surface area contributed by atoms with Crippen LogP contribution in [-0.4, -0.2) is 23.8 Å². The Labute approximate surface area is 196 Å². The Morgan fingerprint density at radius 1 is 1.24 bits per heavy atom. The van der Waals surface area contributed by atoms with E-state index in [0.717, 1.165) is 21.6 Å². The van der Waals surface area contributed by atoms with Crippen LogP contribution in [0.5, 0.6) is 0 Å². The molecule has 1 aliphatic rings. The van der Waals surface area contributed by atoms with Crippen molar-refractivity contribution in [1.82, 2.24) is 10.2 Å². The van der Waals surface area contributed by atoms with Gasteiger partial charge in [-0.2, -0.15) is 5.26 Å². The molecule has 2 N–H and O–H groups in total. The molecule has 1 aromatic heterocycles. The number of allylic oxidation sites excluding steroid dienone is 1. The molecule has 7 heteroatoms. The van der Waals surface area contributed by atoms with Gasteiger partial charge in [0.2, 0.25) is 5.91 Å². The summed E-state index contributed by atoms with van der Waals surface area (Å²) in [7, 11) is 1.59. The van der Waals surface area contributed by atoms with Crippen molar-refractivity contribution in [2.24, 2.45) is 5.92 Å². The Morgan fingerprint density at radius 3 is 2.79 bits per heavy atom. The van der Waals surface area contributed by atoms with Gasteiger partial charge in [0, 0.05) is 11.9 Å². The first-order valence-electron chi connectivity index (χ1n) is 10.5. The van der Waals surface area contributed by atoms with Crippen molar-refractivity contribution in [3.8, 4) is 17.2 Å². The summed E-state index contributed by atoms with van der Waals surface area (Å²) in [4.78, 5) is 15.5. The van der Waals surface area contributed by atoms with E-state index in [1.807, 2.05) is 54.8 Å². The predicted octanol–water partition coefficient (Wildman–Crippen LogP) is 5.36. The Bertz CT molecular complexity index is 1290. The number of hydrogen-bond donors (Lipinski definition) is 2. The molecule has 1 fully saturated rings. The molecule has 166 valence electrons. The highest BCUT2D eigenvalue weighted by Gasteiger charge is 2.47. The second kappa shape index (κ2) is 9.00. The summed E-state index contributed by atoms with van der Waals surface area (Å²) in [6.07, 6.45) is 4.11. The van der Waals surface area contributed by atoms with E-state index in [1.54, 1.807) is 19.2 Å². The topological polar surface area (TPSA) is 80.0 Å². The van der Waals surface area contributed by atoms with Crippen LogP contribution in [0.1, 0.15) is 29.3 Å². The van der Waals surface area contributed by atoms with Gasteiger partial charge in [0.25, 0.3) is 0 Å². The highest BCUT2D eigenvalue weighted by molar-refractivity contribution is 7.10. The molecule has 2 atom stereocenters. The van der Waals surface area contributed by atoms with E-state index in [9.17, 15) is 14.4 Å². The molecule has 0 aliphatic carbocycles. The average Bonchev–Trinajstić information content (AvgIpc) is 3.31. The fourth-order valence-electron chi connectivity index (χ4n) is 4.06. The van der Waals surface area contributed by atoms with Crippen LogP contribution in [0.25, 0.3) is 17.2 Å². The number of nitriles is 1. The molecule has 0 saturated carbocycles. The lowest BCUT2D eigenvalue weighted by Crippen LogP contribution is -2.63. The van der Waals surface area contributed by atoms with E-state index < -0.39 is 11.5 Å². The normalized spacial score (nSPS) is 20.7. The maximum absolute atomic E-state index is 13.5. The van der Waals surface area contributed by atoms with Gasteiger partial charge in [-0.05, 0) is 65.7 Å². The van der Waals surface area contributed by atoms with Crippen LogP contribution in [-0.2, 0) is 10.3 Å². The maximum Gasteiger partial charge on any atom is 0.235 e. The van der Waals surface area contributed by atoms with Crippen LogP contribution in [0.2, 0.25) is 0 Å². The second-order valence-electron chi connectivity index (χ2n) is 8.21. The number of benzene rings is 2. The molecule has 3 aromatic rings. The minimum atomic E-state index is -0.789. The summed E-state index contributed by atoms with van der Waals surface area (Å²) >= 11 is 1.52. The van der Waals surface area contributed by atoms with Crippen LogP contribution < -0.4 is 5.32 Å². The zero-order valence-corrected chi connectivity index (χ0v) is 19.1. The van der Waals surface area contributed by atoms with E-state index in [4.69, 9.17) is 5.41 Å². The molecule has 1 unspecified atom stereocenters. The Hall–Kier alpha value is -3.76. The van der Waals surface area contributed by atoms with Gasteiger partial charge in [0.1, 0.15) is 5.82 Å². The van der Waals surface area contributed by atoms with Crippen LogP contribution in [0.4, 0.5) is 4.39 Å². The minimum absolute atomic E-state index is 0.0503. The maximum atomic E-state index is 13.5. The molecule has 0 bridgehead atoms. The average molecular weight is 459 g/mol. The predicted molar refractivity (Wildman–Crippen MR) is 129 cm³/mol. The van der Waals surface area contributed by atoms with E-state index in [0.29, 0.717) is 12.0 Å². The van der Waals surface area contributed by atoms with Crippen LogP contribution in [0.3, 0.4) is 0 Å². The first-order chi connectivity index (χ1) is 15.8. The van der Waals surface area contributed by atoms with Crippen LogP contribution in [0, 0.1) is 28.5 Å². The molecule has 1 saturated heterocycles. The van der Waals surface area contributed by atoms with Gasteiger partial charge in [0.15, 0.2) is 5.96 Å². The summed E-state index contributed by atoms with van der Waals surface area (Å²) in [5.74, 6) is -0.864. The monoisotopic (exact) mass is 458 g/mol. The third kappa shape index (κ3) is 4.43. The fraction of sp³-hybridized carbons (Fsp3) is 0.192. The molecule has 5 nitrogen and oxygen atoms in total. The fourth-order valence-corrected chi connectivity index (χ4v) is 5.15. The quantitative estimate of drug-likeness (QED) is 0.540. The zero-order valence-electron chi connectivity index (χ0n) is 18.3. The van der Waals surface area contributed by atoms with Crippen molar-refractivity contribution < 1.29 is 9.18 Å². The first kappa shape index (κ1) is 22.4. The lowest BCUT2D eigenvalue weighted by atomic mass is 9.79. The van der Waals surface area contributed by atoms with E-state index in [1.165, 1.54) is 28.4 Å².